The van der Waals surface area contributed by atoms with Gasteiger partial charge >= 0.3 is 48.3 Å². The van der Waals surface area contributed by atoms with Crippen molar-refractivity contribution in [3.05, 3.63) is 0 Å². The van der Waals surface area contributed by atoms with Crippen LogP contribution in [0.1, 0.15) is 243 Å². The summed E-state index contributed by atoms with van der Waals surface area (Å²) < 4.78 is 46.7. The highest BCUT2D eigenvalue weighted by Gasteiger charge is 2.39. The number of nitrogens with zero attached hydrogens (tertiary/aromatic N) is 4. The van der Waals surface area contributed by atoms with Gasteiger partial charge in [-0.3, -0.25) is 38.8 Å². The van der Waals surface area contributed by atoms with Gasteiger partial charge in [0.25, 0.3) is 0 Å². The summed E-state index contributed by atoms with van der Waals surface area (Å²) in [5.74, 6) is -1.97. The summed E-state index contributed by atoms with van der Waals surface area (Å²) in [7, 11) is 0. The van der Waals surface area contributed by atoms with Gasteiger partial charge in [-0.2, -0.15) is 0 Å². The van der Waals surface area contributed by atoms with Crippen LogP contribution in [-0.4, -0.2) is 215 Å². The molecule has 4 N–H and O–H groups in total. The fourth-order valence-electron chi connectivity index (χ4n) is 10.2. The second-order valence-electron chi connectivity index (χ2n) is 32.4. The van der Waals surface area contributed by atoms with E-state index in [2.05, 4.69) is 40.9 Å². The first kappa shape index (κ1) is 84.8. The standard InChI is InChI=1S/C68H128N8O16/c1-61(2,3)85-53(77)45-73-41-50(34-26-30-38-70-58(82)90-66(16,17)18)75(47-55(79)87-63(7,8)9)43-52(36-28-32-40-72-60(84)92-68(22,23)24)76(48-56(80)88-64(10,11)12)44-51(35-27-31-39-71-59(83)91-67(19,20)21)74(46-54(78)86-62(4,5)6)42-49(73)33-25-29-37-69-57(81)89-65(13,14)15/h49-52H,25-48H2,1-24H3,(H,69,81)(H,70,82)(H,71,83)(H,72,84)/t49-,50-,51-,52-/m0/s1. The van der Waals surface area contributed by atoms with E-state index in [9.17, 15) is 38.4 Å². The van der Waals surface area contributed by atoms with E-state index in [0.29, 0.717) is 77.0 Å². The van der Waals surface area contributed by atoms with Crippen LogP contribution in [0.4, 0.5) is 19.2 Å². The van der Waals surface area contributed by atoms with E-state index in [1.165, 1.54) is 0 Å². The van der Waals surface area contributed by atoms with Crippen LogP contribution < -0.4 is 21.3 Å². The van der Waals surface area contributed by atoms with Gasteiger partial charge in [0.05, 0.1) is 26.2 Å². The molecule has 0 radical (unpaired) electrons. The highest BCUT2D eigenvalue weighted by atomic mass is 16.6. The van der Waals surface area contributed by atoms with Crippen molar-refractivity contribution < 1.29 is 76.3 Å². The Morgan fingerprint density at radius 2 is 0.413 bits per heavy atom. The fraction of sp³-hybridized carbons (Fsp3) is 0.882. The van der Waals surface area contributed by atoms with Gasteiger partial charge in [-0.25, -0.2) is 19.2 Å². The molecule has 0 aromatic rings. The third-order valence-electron chi connectivity index (χ3n) is 13.4. The summed E-state index contributed by atoms with van der Waals surface area (Å²) in [4.78, 5) is 118. The first-order chi connectivity index (χ1) is 41.8. The minimum Gasteiger partial charge on any atom is -0.459 e. The van der Waals surface area contributed by atoms with Gasteiger partial charge in [0.1, 0.15) is 44.8 Å². The summed E-state index contributed by atoms with van der Waals surface area (Å²) in [5, 5.41) is 11.5. The maximum Gasteiger partial charge on any atom is 0.407 e. The maximum atomic E-state index is 14.6. The maximum absolute atomic E-state index is 14.6. The molecule has 0 spiro atoms. The van der Waals surface area contributed by atoms with E-state index in [1.807, 2.05) is 0 Å². The lowest BCUT2D eigenvalue weighted by Gasteiger charge is -2.46. The Kier molecular flexibility index (Phi) is 35.4. The van der Waals surface area contributed by atoms with Crippen molar-refractivity contribution in [3.8, 4) is 0 Å². The molecule has 4 atom stereocenters. The summed E-state index contributed by atoms with van der Waals surface area (Å²) in [6.45, 7) is 44.4. The lowest BCUT2D eigenvalue weighted by atomic mass is 9.97. The van der Waals surface area contributed by atoms with Gasteiger partial charge in [0.15, 0.2) is 0 Å². The number of hydrogen-bond donors (Lipinski definition) is 4. The number of carbonyl (C=O) groups excluding carboxylic acids is 8. The van der Waals surface area contributed by atoms with Gasteiger partial charge in [0, 0.05) is 76.5 Å². The predicted molar refractivity (Wildman–Crippen MR) is 357 cm³/mol. The summed E-state index contributed by atoms with van der Waals surface area (Å²) >= 11 is 0. The van der Waals surface area contributed by atoms with Crippen molar-refractivity contribution in [3.63, 3.8) is 0 Å². The quantitative estimate of drug-likeness (QED) is 0.0322. The Labute approximate surface area is 554 Å². The summed E-state index contributed by atoms with van der Waals surface area (Å²) in [6, 6.07) is -2.02. The third-order valence-corrected chi connectivity index (χ3v) is 13.4. The molecule has 1 rings (SSSR count). The Morgan fingerprint density at radius 1 is 0.261 bits per heavy atom. The van der Waals surface area contributed by atoms with Gasteiger partial charge < -0.3 is 59.2 Å². The normalized spacial score (nSPS) is 18.4. The molecule has 0 saturated carbocycles. The number of rotatable bonds is 28. The molecule has 0 bridgehead atoms. The Balaban J connectivity index is 4.68. The fourth-order valence-corrected chi connectivity index (χ4v) is 10.2. The number of carbonyl (C=O) groups is 8. The molecule has 24 nitrogen and oxygen atoms in total. The largest absolute Gasteiger partial charge is 0.459 e. The third kappa shape index (κ3) is 45.2. The molecule has 1 heterocycles. The van der Waals surface area contributed by atoms with E-state index in [4.69, 9.17) is 37.9 Å². The topological polar surface area (TPSA) is 271 Å². The van der Waals surface area contributed by atoms with Crippen LogP contribution in [-0.2, 0) is 57.1 Å². The smallest absolute Gasteiger partial charge is 0.407 e. The van der Waals surface area contributed by atoms with Crippen molar-refractivity contribution in [1.29, 1.82) is 0 Å². The lowest BCUT2D eigenvalue weighted by molar-refractivity contribution is -0.162. The zero-order chi connectivity index (χ0) is 70.7. The molecule has 1 aliphatic rings. The second kappa shape index (κ2) is 38.4. The monoisotopic (exact) mass is 1310 g/mol. The molecule has 536 valence electrons. The minimum atomic E-state index is -0.866. The number of nitrogens with one attached hydrogen (secondary N) is 4. The molecule has 0 unspecified atom stereocenters. The van der Waals surface area contributed by atoms with Crippen LogP contribution >= 0.6 is 0 Å². The molecule has 92 heavy (non-hydrogen) atoms. The first-order valence-corrected chi connectivity index (χ1v) is 33.6. The molecule has 24 heteroatoms. The molecule has 0 aromatic carbocycles. The average Bonchev–Trinajstić information content (AvgIpc) is 0.849. The highest BCUT2D eigenvalue weighted by molar-refractivity contribution is 5.74. The highest BCUT2D eigenvalue weighted by Crippen LogP contribution is 2.27. The van der Waals surface area contributed by atoms with Gasteiger partial charge in [0.2, 0.25) is 0 Å². The Morgan fingerprint density at radius 3 is 0.554 bits per heavy atom. The Hall–Kier alpha value is -5.20. The van der Waals surface area contributed by atoms with Crippen LogP contribution in [0.25, 0.3) is 0 Å². The predicted octanol–water partition coefficient (Wildman–Crippen LogP) is 10.8. The van der Waals surface area contributed by atoms with Crippen LogP contribution in [0.3, 0.4) is 0 Å². The van der Waals surface area contributed by atoms with Crippen molar-refractivity contribution >= 4 is 48.3 Å². The molecule has 4 amide bonds. The van der Waals surface area contributed by atoms with E-state index >= 15 is 0 Å². The zero-order valence-corrected chi connectivity index (χ0v) is 61.6. The lowest BCUT2D eigenvalue weighted by Crippen LogP contribution is -2.60. The minimum absolute atomic E-state index is 0.185. The van der Waals surface area contributed by atoms with Crippen LogP contribution in [0.2, 0.25) is 0 Å². The molecule has 1 aliphatic heterocycles. The number of hydrogen-bond acceptors (Lipinski definition) is 20. The molecule has 0 aromatic heterocycles. The van der Waals surface area contributed by atoms with E-state index in [1.54, 1.807) is 166 Å². The molecular weight excluding hydrogens is 1180 g/mol. The average molecular weight is 1310 g/mol. The van der Waals surface area contributed by atoms with E-state index < -0.39 is 117 Å². The number of esters is 4. The van der Waals surface area contributed by atoms with E-state index in [0.717, 1.165) is 0 Å². The zero-order valence-electron chi connectivity index (χ0n) is 61.6. The molecular formula is C68H128N8O16. The molecule has 1 fully saturated rings. The number of amides is 4. The molecule has 0 aliphatic carbocycles. The number of alkyl carbamates (subject to hydrolysis) is 4. The van der Waals surface area contributed by atoms with Gasteiger partial charge in [-0.15, -0.1) is 0 Å². The summed E-state index contributed by atoms with van der Waals surface area (Å²) in [6.07, 6.45) is 3.88. The van der Waals surface area contributed by atoms with Crippen molar-refractivity contribution in [2.45, 2.75) is 312 Å². The van der Waals surface area contributed by atoms with E-state index in [-0.39, 0.29) is 78.5 Å². The van der Waals surface area contributed by atoms with Crippen LogP contribution in [0.15, 0.2) is 0 Å². The van der Waals surface area contributed by atoms with Crippen LogP contribution in [0, 0.1) is 0 Å². The van der Waals surface area contributed by atoms with Gasteiger partial charge in [-0.1, -0.05) is 25.7 Å². The SMILES string of the molecule is CC(C)(C)OC(=O)CN1C[C@H](CCCCNC(=O)OC(C)(C)C)N(CC(=O)OC(C)(C)C)C[C@H](CCCCNC(=O)OC(C)(C)C)N(CC(=O)OC(C)(C)C)C[C@H](CCCCNC(=O)OC(C)(C)C)N(CC(=O)OC(C)(C)C)C[C@@H]1CCCCNC(=O)OC(C)(C)C. The second-order valence-corrected chi connectivity index (χ2v) is 32.4. The Bertz CT molecular complexity index is 1950. The van der Waals surface area contributed by atoms with Crippen molar-refractivity contribution in [2.24, 2.45) is 0 Å². The summed E-state index contributed by atoms with van der Waals surface area (Å²) in [5.41, 5.74) is -6.32. The number of ether oxygens (including phenoxy) is 8. The van der Waals surface area contributed by atoms with Gasteiger partial charge in [-0.05, 0) is 218 Å². The van der Waals surface area contributed by atoms with Crippen molar-refractivity contribution in [2.75, 3.05) is 78.5 Å². The van der Waals surface area contributed by atoms with Crippen molar-refractivity contribution in [1.82, 2.24) is 40.9 Å². The molecule has 1 saturated heterocycles. The van der Waals surface area contributed by atoms with Crippen LogP contribution in [0.5, 0.6) is 0 Å². The number of unbranched alkanes of at least 4 members (excludes halogenated alkanes) is 4. The first-order valence-electron chi connectivity index (χ1n) is 33.6.